The summed E-state index contributed by atoms with van der Waals surface area (Å²) in [6, 6.07) is 80.0. The Labute approximate surface area is 380 Å². The molecule has 0 saturated heterocycles. The number of fused-ring (bicyclic) bond motifs is 6. The summed E-state index contributed by atoms with van der Waals surface area (Å²) in [4.78, 5) is 5.47. The summed E-state index contributed by atoms with van der Waals surface area (Å²) in [6.45, 7) is 2.30. The van der Waals surface area contributed by atoms with E-state index in [1.54, 1.807) is 0 Å². The van der Waals surface area contributed by atoms with Gasteiger partial charge in [0, 0.05) is 27.1 Å². The molecule has 1 unspecified atom stereocenters. The smallest absolute Gasteiger partial charge is 0.0794 e. The number of aromatic nitrogens is 1. The molecular weight excluding hydrogens is 783 g/mol. The van der Waals surface area contributed by atoms with Gasteiger partial charge in [0.05, 0.1) is 11.0 Å². The summed E-state index contributed by atoms with van der Waals surface area (Å²) in [5.41, 5.74) is 19.0. The monoisotopic (exact) mass is 827 g/mol. The predicted molar refractivity (Wildman–Crippen MR) is 278 cm³/mol. The molecular formula is C64H45N. The predicted octanol–water partition coefficient (Wildman–Crippen LogP) is 17.7. The second-order valence-corrected chi connectivity index (χ2v) is 17.4. The molecule has 1 aliphatic carbocycles. The van der Waals surface area contributed by atoms with E-state index in [2.05, 4.69) is 244 Å². The largest absolute Gasteiger partial charge is 0.246 e. The maximum Gasteiger partial charge on any atom is 0.0794 e. The van der Waals surface area contributed by atoms with Crippen LogP contribution < -0.4 is 0 Å². The van der Waals surface area contributed by atoms with Gasteiger partial charge in [-0.2, -0.15) is 0 Å². The fourth-order valence-corrected chi connectivity index (χ4v) is 10.2. The summed E-state index contributed by atoms with van der Waals surface area (Å²) in [7, 11) is 0. The molecule has 0 fully saturated rings. The van der Waals surface area contributed by atoms with Gasteiger partial charge in [0.1, 0.15) is 0 Å². The SMILES string of the molecule is CC1C=CC(c2c(-c3ccccc3)c(-c3ccccc3)cc(-c3cccc(-c4cccc(-c5c6ccc7ccccc7c6nc6c5ccc5ccccc56)c4)c3)c2-c2ccccc2)=CC1. The first-order chi connectivity index (χ1) is 32.2. The molecule has 1 aliphatic rings. The van der Waals surface area contributed by atoms with Crippen LogP contribution in [0, 0.1) is 5.92 Å². The van der Waals surface area contributed by atoms with Crippen LogP contribution in [0.3, 0.4) is 0 Å². The zero-order valence-electron chi connectivity index (χ0n) is 36.2. The van der Waals surface area contributed by atoms with Crippen LogP contribution >= 0.6 is 0 Å². The van der Waals surface area contributed by atoms with Crippen molar-refractivity contribution in [2.24, 2.45) is 5.92 Å². The van der Waals surface area contributed by atoms with Gasteiger partial charge in [-0.1, -0.05) is 225 Å². The molecule has 11 aromatic rings. The van der Waals surface area contributed by atoms with Crippen LogP contribution in [0.1, 0.15) is 18.9 Å². The maximum absolute atomic E-state index is 5.47. The highest BCUT2D eigenvalue weighted by Crippen LogP contribution is 2.50. The van der Waals surface area contributed by atoms with Crippen LogP contribution in [0.25, 0.3) is 116 Å². The molecule has 0 amide bonds. The van der Waals surface area contributed by atoms with Crippen LogP contribution in [-0.4, -0.2) is 4.98 Å². The maximum atomic E-state index is 5.47. The Bertz CT molecular complexity index is 3580. The zero-order valence-corrected chi connectivity index (χ0v) is 36.2. The summed E-state index contributed by atoms with van der Waals surface area (Å²) >= 11 is 0. The van der Waals surface area contributed by atoms with Crippen molar-refractivity contribution in [3.05, 3.63) is 242 Å². The Hall–Kier alpha value is -8.13. The third-order valence-corrected chi connectivity index (χ3v) is 13.4. The third kappa shape index (κ3) is 6.85. The lowest BCUT2D eigenvalue weighted by Gasteiger charge is -2.26. The first-order valence-corrected chi connectivity index (χ1v) is 22.8. The number of pyridine rings is 1. The van der Waals surface area contributed by atoms with Gasteiger partial charge in [-0.25, -0.2) is 4.98 Å². The molecule has 1 heterocycles. The van der Waals surface area contributed by atoms with Gasteiger partial charge in [-0.15, -0.1) is 0 Å². The van der Waals surface area contributed by atoms with Crippen LogP contribution in [0.5, 0.6) is 0 Å². The van der Waals surface area contributed by atoms with E-state index in [9.17, 15) is 0 Å². The summed E-state index contributed by atoms with van der Waals surface area (Å²) < 4.78 is 0. The number of nitrogens with zero attached hydrogens (tertiary/aromatic N) is 1. The quantitative estimate of drug-likeness (QED) is 0.115. The molecule has 1 heteroatoms. The first kappa shape index (κ1) is 38.5. The summed E-state index contributed by atoms with van der Waals surface area (Å²) in [5.74, 6) is 0.491. The molecule has 0 saturated carbocycles. The highest BCUT2D eigenvalue weighted by atomic mass is 14.7. The molecule has 65 heavy (non-hydrogen) atoms. The molecule has 12 rings (SSSR count). The molecule has 306 valence electrons. The number of rotatable bonds is 7. The minimum atomic E-state index is 0.491. The fraction of sp³-hybridized carbons (Fsp3) is 0.0469. The van der Waals surface area contributed by atoms with E-state index < -0.39 is 0 Å². The Morgan fingerprint density at radius 3 is 1.37 bits per heavy atom. The Balaban J connectivity index is 1.10. The number of benzene rings is 10. The van der Waals surface area contributed by atoms with Gasteiger partial charge in [0.2, 0.25) is 0 Å². The topological polar surface area (TPSA) is 12.9 Å². The second kappa shape index (κ2) is 16.2. The highest BCUT2D eigenvalue weighted by molar-refractivity contribution is 6.21. The van der Waals surface area contributed by atoms with Crippen LogP contribution in [0.4, 0.5) is 0 Å². The van der Waals surface area contributed by atoms with Crippen LogP contribution in [-0.2, 0) is 0 Å². The zero-order chi connectivity index (χ0) is 43.3. The molecule has 0 spiro atoms. The van der Waals surface area contributed by atoms with Gasteiger partial charge in [0.15, 0.2) is 0 Å². The fourth-order valence-electron chi connectivity index (χ4n) is 10.2. The second-order valence-electron chi connectivity index (χ2n) is 17.4. The van der Waals surface area contributed by atoms with E-state index in [1.165, 1.54) is 99.4 Å². The van der Waals surface area contributed by atoms with Crippen molar-refractivity contribution < 1.29 is 0 Å². The number of allylic oxidation sites excluding steroid dienone is 4. The lowest BCUT2D eigenvalue weighted by Crippen LogP contribution is -2.02. The normalized spacial score (nSPS) is 13.7. The Morgan fingerprint density at radius 2 is 0.815 bits per heavy atom. The number of hydrogen-bond acceptors (Lipinski definition) is 1. The van der Waals surface area contributed by atoms with Gasteiger partial charge >= 0.3 is 0 Å². The first-order valence-electron chi connectivity index (χ1n) is 22.8. The van der Waals surface area contributed by atoms with Crippen LogP contribution in [0.15, 0.2) is 237 Å². The van der Waals surface area contributed by atoms with Crippen LogP contribution in [0.2, 0.25) is 0 Å². The highest BCUT2D eigenvalue weighted by Gasteiger charge is 2.25. The Morgan fingerprint density at radius 1 is 0.354 bits per heavy atom. The van der Waals surface area contributed by atoms with Crippen molar-refractivity contribution in [1.82, 2.24) is 4.98 Å². The van der Waals surface area contributed by atoms with Gasteiger partial charge in [-0.3, -0.25) is 0 Å². The molecule has 0 aliphatic heterocycles. The van der Waals surface area contributed by atoms with Crippen molar-refractivity contribution >= 4 is 48.9 Å². The third-order valence-electron chi connectivity index (χ3n) is 13.4. The molecule has 1 nitrogen and oxygen atoms in total. The summed E-state index contributed by atoms with van der Waals surface area (Å²) in [5, 5.41) is 7.04. The van der Waals surface area contributed by atoms with Crippen molar-refractivity contribution in [3.63, 3.8) is 0 Å². The molecule has 1 atom stereocenters. The van der Waals surface area contributed by atoms with E-state index in [1.807, 2.05) is 0 Å². The van der Waals surface area contributed by atoms with Gasteiger partial charge in [0.25, 0.3) is 0 Å². The van der Waals surface area contributed by atoms with Crippen molar-refractivity contribution in [3.8, 4) is 66.8 Å². The standard InChI is InChI=1S/C64H45N/c1-42-31-33-48(34-32-42)62-60(46-21-7-3-8-22-46)57(43-17-5-2-6-18-43)41-58(61(62)47-23-9-4-10-24-47)51-27-15-25-49(39-51)50-26-16-28-52(40-50)59-55-37-35-44-19-11-13-29-53(44)63(55)65-64-54-30-14-12-20-45(54)36-38-56(59)64/h2-31,33-42H,32H2,1H3. The average molecular weight is 828 g/mol. The van der Waals surface area contributed by atoms with Crippen molar-refractivity contribution in [2.75, 3.05) is 0 Å². The average Bonchev–Trinajstić information content (AvgIpc) is 3.38. The lowest BCUT2D eigenvalue weighted by molar-refractivity contribution is 0.739. The van der Waals surface area contributed by atoms with Crippen molar-refractivity contribution in [2.45, 2.75) is 13.3 Å². The number of hydrogen-bond donors (Lipinski definition) is 0. The van der Waals surface area contributed by atoms with E-state index in [0.717, 1.165) is 28.2 Å². The minimum absolute atomic E-state index is 0.491. The lowest BCUT2D eigenvalue weighted by atomic mass is 9.77. The van der Waals surface area contributed by atoms with E-state index in [-0.39, 0.29) is 0 Å². The van der Waals surface area contributed by atoms with Gasteiger partial charge < -0.3 is 0 Å². The molecule has 0 N–H and O–H groups in total. The summed E-state index contributed by atoms with van der Waals surface area (Å²) in [6.07, 6.45) is 8.19. The van der Waals surface area contributed by atoms with Crippen molar-refractivity contribution in [1.29, 1.82) is 0 Å². The minimum Gasteiger partial charge on any atom is -0.246 e. The Kier molecular flexibility index (Phi) is 9.61. The van der Waals surface area contributed by atoms with Gasteiger partial charge in [-0.05, 0) is 114 Å². The van der Waals surface area contributed by atoms with E-state index >= 15 is 0 Å². The molecule has 10 aromatic carbocycles. The van der Waals surface area contributed by atoms with E-state index in [4.69, 9.17) is 4.98 Å². The molecule has 0 radical (unpaired) electrons. The van der Waals surface area contributed by atoms with E-state index in [0.29, 0.717) is 5.92 Å². The molecule has 1 aromatic heterocycles. The molecule has 0 bridgehead atoms.